The molecule has 2 nitrogen and oxygen atoms in total. The van der Waals surface area contributed by atoms with Gasteiger partial charge in [-0.05, 0) is 33.1 Å². The third kappa shape index (κ3) is 3.50. The summed E-state index contributed by atoms with van der Waals surface area (Å²) < 4.78 is 5.47. The lowest BCUT2D eigenvalue weighted by molar-refractivity contribution is 0.407. The Labute approximate surface area is 120 Å². The van der Waals surface area contributed by atoms with Crippen LogP contribution in [0.5, 0.6) is 5.75 Å². The van der Waals surface area contributed by atoms with Gasteiger partial charge in [0.25, 0.3) is 0 Å². The Hall–Kier alpha value is -1.02. The van der Waals surface area contributed by atoms with Gasteiger partial charge in [-0.15, -0.1) is 11.6 Å². The molecule has 0 amide bonds. The SMILES string of the molecule is COc1c(C)cnc(CC2=CC(Cl)CCCC2)c1C. The van der Waals surface area contributed by atoms with Gasteiger partial charge in [0.1, 0.15) is 5.75 Å². The molecule has 1 aromatic rings. The van der Waals surface area contributed by atoms with Crippen LogP contribution in [0.3, 0.4) is 0 Å². The molecule has 1 atom stereocenters. The Balaban J connectivity index is 2.23. The quantitative estimate of drug-likeness (QED) is 0.606. The maximum Gasteiger partial charge on any atom is 0.128 e. The van der Waals surface area contributed by atoms with E-state index in [0.717, 1.165) is 41.8 Å². The van der Waals surface area contributed by atoms with Crippen LogP contribution < -0.4 is 4.74 Å². The Kier molecular flexibility index (Phi) is 4.87. The number of hydrogen-bond acceptors (Lipinski definition) is 2. The maximum absolute atomic E-state index is 6.28. The molecule has 1 aliphatic rings. The summed E-state index contributed by atoms with van der Waals surface area (Å²) >= 11 is 6.28. The molecule has 0 fully saturated rings. The fourth-order valence-electron chi connectivity index (χ4n) is 2.73. The first-order chi connectivity index (χ1) is 9.11. The lowest BCUT2D eigenvalue weighted by Gasteiger charge is -2.13. The van der Waals surface area contributed by atoms with Crippen molar-refractivity contribution >= 4 is 11.6 Å². The van der Waals surface area contributed by atoms with Gasteiger partial charge >= 0.3 is 0 Å². The van der Waals surface area contributed by atoms with Gasteiger partial charge in [-0.2, -0.15) is 0 Å². The molecular weight excluding hydrogens is 258 g/mol. The lowest BCUT2D eigenvalue weighted by atomic mass is 10.0. The Morgan fingerprint density at radius 1 is 1.37 bits per heavy atom. The first kappa shape index (κ1) is 14.4. The largest absolute Gasteiger partial charge is 0.496 e. The molecule has 0 aromatic carbocycles. The molecule has 3 heteroatoms. The van der Waals surface area contributed by atoms with Crippen molar-refractivity contribution in [2.45, 2.75) is 51.3 Å². The third-order valence-electron chi connectivity index (χ3n) is 3.79. The smallest absolute Gasteiger partial charge is 0.128 e. The van der Waals surface area contributed by atoms with Crippen LogP contribution in [0.1, 0.15) is 42.5 Å². The molecule has 19 heavy (non-hydrogen) atoms. The van der Waals surface area contributed by atoms with Crippen LogP contribution in [0.15, 0.2) is 17.8 Å². The van der Waals surface area contributed by atoms with E-state index in [-0.39, 0.29) is 5.38 Å². The molecule has 2 rings (SSSR count). The van der Waals surface area contributed by atoms with E-state index >= 15 is 0 Å². The number of aromatic nitrogens is 1. The first-order valence-electron chi connectivity index (χ1n) is 6.94. The highest BCUT2D eigenvalue weighted by Gasteiger charge is 2.14. The fraction of sp³-hybridized carbons (Fsp3) is 0.562. The van der Waals surface area contributed by atoms with Crippen molar-refractivity contribution in [3.8, 4) is 5.75 Å². The van der Waals surface area contributed by atoms with Gasteiger partial charge in [0.05, 0.1) is 18.2 Å². The summed E-state index contributed by atoms with van der Waals surface area (Å²) in [5, 5.41) is 0.185. The van der Waals surface area contributed by atoms with Crippen molar-refractivity contribution in [1.82, 2.24) is 4.98 Å². The zero-order valence-electron chi connectivity index (χ0n) is 12.0. The molecule has 0 spiro atoms. The van der Waals surface area contributed by atoms with E-state index in [1.165, 1.54) is 18.4 Å². The van der Waals surface area contributed by atoms with E-state index in [2.05, 4.69) is 18.0 Å². The molecule has 0 bridgehead atoms. The van der Waals surface area contributed by atoms with Gasteiger partial charge in [-0.3, -0.25) is 4.98 Å². The summed E-state index contributed by atoms with van der Waals surface area (Å²) in [4.78, 5) is 4.57. The normalized spacial score (nSPS) is 19.8. The summed E-state index contributed by atoms with van der Waals surface area (Å²) in [5.41, 5.74) is 4.77. The molecule has 0 N–H and O–H groups in total. The number of hydrogen-bond donors (Lipinski definition) is 0. The first-order valence-corrected chi connectivity index (χ1v) is 7.38. The standard InChI is InChI=1S/C16H22ClNO/c1-11-10-18-15(12(2)16(11)19-3)9-13-6-4-5-7-14(17)8-13/h8,10,14H,4-7,9H2,1-3H3. The van der Waals surface area contributed by atoms with E-state index in [0.29, 0.717) is 0 Å². The van der Waals surface area contributed by atoms with Crippen LogP contribution in [0.25, 0.3) is 0 Å². The van der Waals surface area contributed by atoms with Gasteiger partial charge in [-0.1, -0.05) is 18.1 Å². The molecular formula is C16H22ClNO. The predicted octanol–water partition coefficient (Wildman–Crippen LogP) is 4.36. The number of pyridine rings is 1. The molecule has 0 aliphatic heterocycles. The summed E-state index contributed by atoms with van der Waals surface area (Å²) in [6, 6.07) is 0. The minimum Gasteiger partial charge on any atom is -0.496 e. The topological polar surface area (TPSA) is 22.1 Å². The van der Waals surface area contributed by atoms with Crippen molar-refractivity contribution in [2.75, 3.05) is 7.11 Å². The number of aryl methyl sites for hydroxylation is 1. The van der Waals surface area contributed by atoms with Crippen molar-refractivity contribution in [1.29, 1.82) is 0 Å². The fourth-order valence-corrected chi connectivity index (χ4v) is 3.06. The van der Waals surface area contributed by atoms with Crippen LogP contribution >= 0.6 is 11.6 Å². The number of halogens is 1. The Morgan fingerprint density at radius 3 is 2.89 bits per heavy atom. The number of nitrogens with zero attached hydrogens (tertiary/aromatic N) is 1. The Bertz CT molecular complexity index is 482. The third-order valence-corrected chi connectivity index (χ3v) is 4.13. The van der Waals surface area contributed by atoms with E-state index in [1.807, 2.05) is 13.1 Å². The minimum atomic E-state index is 0.185. The highest BCUT2D eigenvalue weighted by molar-refractivity contribution is 6.21. The summed E-state index contributed by atoms with van der Waals surface area (Å²) in [7, 11) is 1.72. The van der Waals surface area contributed by atoms with E-state index in [9.17, 15) is 0 Å². The monoisotopic (exact) mass is 279 g/mol. The van der Waals surface area contributed by atoms with Crippen LogP contribution in [-0.4, -0.2) is 17.5 Å². The predicted molar refractivity (Wildman–Crippen MR) is 80.2 cm³/mol. The second kappa shape index (κ2) is 6.42. The van der Waals surface area contributed by atoms with Crippen LogP contribution in [-0.2, 0) is 6.42 Å². The van der Waals surface area contributed by atoms with E-state index < -0.39 is 0 Å². The molecule has 0 radical (unpaired) electrons. The van der Waals surface area contributed by atoms with Crippen molar-refractivity contribution < 1.29 is 4.74 Å². The van der Waals surface area contributed by atoms with Crippen molar-refractivity contribution in [3.63, 3.8) is 0 Å². The van der Waals surface area contributed by atoms with Gasteiger partial charge in [-0.25, -0.2) is 0 Å². The van der Waals surface area contributed by atoms with Crippen LogP contribution in [0.4, 0.5) is 0 Å². The zero-order chi connectivity index (χ0) is 13.8. The number of alkyl halides is 1. The molecule has 0 saturated carbocycles. The average Bonchev–Trinajstić information content (AvgIpc) is 2.58. The minimum absolute atomic E-state index is 0.185. The van der Waals surface area contributed by atoms with Gasteiger partial charge in [0.2, 0.25) is 0 Å². The average molecular weight is 280 g/mol. The number of methoxy groups -OCH3 is 1. The van der Waals surface area contributed by atoms with E-state index in [4.69, 9.17) is 16.3 Å². The van der Waals surface area contributed by atoms with Crippen molar-refractivity contribution in [3.05, 3.63) is 34.7 Å². The zero-order valence-corrected chi connectivity index (χ0v) is 12.8. The molecule has 1 aliphatic carbocycles. The molecule has 104 valence electrons. The molecule has 1 unspecified atom stereocenters. The number of allylic oxidation sites excluding steroid dienone is 2. The van der Waals surface area contributed by atoms with Gasteiger partial charge < -0.3 is 4.74 Å². The van der Waals surface area contributed by atoms with Crippen LogP contribution in [0, 0.1) is 13.8 Å². The second-order valence-corrected chi connectivity index (χ2v) is 5.87. The number of rotatable bonds is 3. The van der Waals surface area contributed by atoms with Gasteiger partial charge in [0.15, 0.2) is 0 Å². The summed E-state index contributed by atoms with van der Waals surface area (Å²) in [6.07, 6.45) is 9.70. The highest BCUT2D eigenvalue weighted by atomic mass is 35.5. The second-order valence-electron chi connectivity index (χ2n) is 5.31. The number of ether oxygens (including phenoxy) is 1. The lowest BCUT2D eigenvalue weighted by Crippen LogP contribution is -2.02. The molecule has 1 heterocycles. The highest BCUT2D eigenvalue weighted by Crippen LogP contribution is 2.28. The van der Waals surface area contributed by atoms with Gasteiger partial charge in [0, 0.05) is 23.7 Å². The summed E-state index contributed by atoms with van der Waals surface area (Å²) in [6.45, 7) is 4.12. The van der Waals surface area contributed by atoms with E-state index in [1.54, 1.807) is 7.11 Å². The van der Waals surface area contributed by atoms with Crippen LogP contribution in [0.2, 0.25) is 0 Å². The summed E-state index contributed by atoms with van der Waals surface area (Å²) in [5.74, 6) is 0.960. The molecule has 1 aromatic heterocycles. The van der Waals surface area contributed by atoms with Crippen molar-refractivity contribution in [2.24, 2.45) is 0 Å². The Morgan fingerprint density at radius 2 is 2.16 bits per heavy atom. The maximum atomic E-state index is 6.28. The molecule has 0 saturated heterocycles.